The maximum Gasteiger partial charge on any atom is 0.000947 e. The van der Waals surface area contributed by atoms with Gasteiger partial charge in [-0.05, 0) is 31.2 Å². The van der Waals surface area contributed by atoms with Gasteiger partial charge >= 0.3 is 0 Å². The zero-order chi connectivity index (χ0) is 9.14. The highest BCUT2D eigenvalue weighted by molar-refractivity contribution is 4.86. The Balaban J connectivity index is 2.07. The fourth-order valence-corrected chi connectivity index (χ4v) is 2.13. The quantitative estimate of drug-likeness (QED) is 0.611. The van der Waals surface area contributed by atoms with Gasteiger partial charge in [0, 0.05) is 13.1 Å². The predicted octanol–water partition coefficient (Wildman–Crippen LogP) is 2.62. The Bertz CT molecular complexity index is 131. The van der Waals surface area contributed by atoms with Gasteiger partial charge in [0.15, 0.2) is 0 Å². The van der Waals surface area contributed by atoms with Crippen molar-refractivity contribution in [3.8, 4) is 0 Å². The van der Waals surface area contributed by atoms with Crippen molar-refractivity contribution in [2.45, 2.75) is 33.6 Å². The smallest absolute Gasteiger partial charge is 0.000947 e. The average Bonchev–Trinajstić information content (AvgIpc) is 2.65. The van der Waals surface area contributed by atoms with Gasteiger partial charge in [-0.3, -0.25) is 0 Å². The second kappa shape index (κ2) is 4.27. The minimum Gasteiger partial charge on any atom is -0.306 e. The van der Waals surface area contributed by atoms with E-state index in [9.17, 15) is 0 Å². The molecule has 12 heavy (non-hydrogen) atoms. The molecule has 1 fully saturated rings. The Morgan fingerprint density at radius 2 is 2.00 bits per heavy atom. The van der Waals surface area contributed by atoms with E-state index in [0.29, 0.717) is 0 Å². The predicted molar refractivity (Wildman–Crippen MR) is 54.2 cm³/mol. The van der Waals surface area contributed by atoms with Crippen LogP contribution in [0.5, 0.6) is 0 Å². The first-order chi connectivity index (χ1) is 5.63. The molecule has 1 aliphatic rings. The molecule has 72 valence electrons. The SMILES string of the molecule is CC[C@@H]1C[C@@H]1CN(C)CC(C)C. The Hall–Kier alpha value is -0.0400. The van der Waals surface area contributed by atoms with Gasteiger partial charge in [0.1, 0.15) is 0 Å². The van der Waals surface area contributed by atoms with Crippen molar-refractivity contribution in [3.05, 3.63) is 0 Å². The molecule has 1 nitrogen and oxygen atoms in total. The van der Waals surface area contributed by atoms with Crippen LogP contribution in [0.2, 0.25) is 0 Å². The molecule has 0 aliphatic heterocycles. The summed E-state index contributed by atoms with van der Waals surface area (Å²) in [6, 6.07) is 0. The van der Waals surface area contributed by atoms with E-state index >= 15 is 0 Å². The number of hydrogen-bond acceptors (Lipinski definition) is 1. The van der Waals surface area contributed by atoms with Crippen LogP contribution in [0.1, 0.15) is 33.6 Å². The van der Waals surface area contributed by atoms with Crippen molar-refractivity contribution >= 4 is 0 Å². The zero-order valence-corrected chi connectivity index (χ0v) is 9.01. The summed E-state index contributed by atoms with van der Waals surface area (Å²) in [4.78, 5) is 2.49. The Kier molecular flexibility index (Phi) is 3.57. The lowest BCUT2D eigenvalue weighted by molar-refractivity contribution is 0.279. The van der Waals surface area contributed by atoms with Gasteiger partial charge in [0.2, 0.25) is 0 Å². The summed E-state index contributed by atoms with van der Waals surface area (Å²) >= 11 is 0. The van der Waals surface area contributed by atoms with Crippen LogP contribution in [0.4, 0.5) is 0 Å². The normalized spacial score (nSPS) is 28.5. The van der Waals surface area contributed by atoms with E-state index in [4.69, 9.17) is 0 Å². The Morgan fingerprint density at radius 3 is 2.42 bits per heavy atom. The molecule has 1 saturated carbocycles. The summed E-state index contributed by atoms with van der Waals surface area (Å²) in [6.45, 7) is 9.48. The van der Waals surface area contributed by atoms with Crippen molar-refractivity contribution < 1.29 is 0 Å². The van der Waals surface area contributed by atoms with Crippen LogP contribution in [0.15, 0.2) is 0 Å². The van der Waals surface area contributed by atoms with Gasteiger partial charge in [0.25, 0.3) is 0 Å². The first-order valence-corrected chi connectivity index (χ1v) is 5.32. The molecule has 0 amide bonds. The van der Waals surface area contributed by atoms with E-state index < -0.39 is 0 Å². The highest BCUT2D eigenvalue weighted by Crippen LogP contribution is 2.41. The summed E-state index contributed by atoms with van der Waals surface area (Å²) in [7, 11) is 2.26. The molecule has 0 aromatic heterocycles. The van der Waals surface area contributed by atoms with Gasteiger partial charge < -0.3 is 4.90 Å². The topological polar surface area (TPSA) is 3.24 Å². The largest absolute Gasteiger partial charge is 0.306 e. The van der Waals surface area contributed by atoms with E-state index in [1.54, 1.807) is 0 Å². The lowest BCUT2D eigenvalue weighted by atomic mass is 10.2. The lowest BCUT2D eigenvalue weighted by Gasteiger charge is -2.18. The van der Waals surface area contributed by atoms with E-state index in [0.717, 1.165) is 17.8 Å². The van der Waals surface area contributed by atoms with Crippen LogP contribution in [0.25, 0.3) is 0 Å². The highest BCUT2D eigenvalue weighted by atomic mass is 15.1. The number of rotatable bonds is 5. The molecular weight excluding hydrogens is 146 g/mol. The van der Waals surface area contributed by atoms with Gasteiger partial charge in [0.05, 0.1) is 0 Å². The minimum absolute atomic E-state index is 0.814. The fourth-order valence-electron chi connectivity index (χ4n) is 2.13. The van der Waals surface area contributed by atoms with E-state index in [-0.39, 0.29) is 0 Å². The average molecular weight is 169 g/mol. The molecular formula is C11H23N. The van der Waals surface area contributed by atoms with Crippen LogP contribution < -0.4 is 0 Å². The molecule has 1 rings (SSSR count). The maximum atomic E-state index is 2.49. The molecule has 2 atom stereocenters. The summed E-state index contributed by atoms with van der Waals surface area (Å²) in [5.74, 6) is 2.90. The van der Waals surface area contributed by atoms with Gasteiger partial charge in [-0.1, -0.05) is 27.2 Å². The highest BCUT2D eigenvalue weighted by Gasteiger charge is 2.35. The second-order valence-corrected chi connectivity index (χ2v) is 4.78. The van der Waals surface area contributed by atoms with Crippen molar-refractivity contribution in [1.82, 2.24) is 4.90 Å². The monoisotopic (exact) mass is 169 g/mol. The van der Waals surface area contributed by atoms with Gasteiger partial charge in [-0.2, -0.15) is 0 Å². The maximum absolute atomic E-state index is 2.49. The van der Waals surface area contributed by atoms with Gasteiger partial charge in [-0.25, -0.2) is 0 Å². The summed E-state index contributed by atoms with van der Waals surface area (Å²) in [6.07, 6.45) is 2.87. The molecule has 1 heteroatoms. The molecule has 0 radical (unpaired) electrons. The molecule has 0 N–H and O–H groups in total. The van der Waals surface area contributed by atoms with Crippen molar-refractivity contribution in [3.63, 3.8) is 0 Å². The van der Waals surface area contributed by atoms with Crippen LogP contribution in [-0.2, 0) is 0 Å². The van der Waals surface area contributed by atoms with Gasteiger partial charge in [-0.15, -0.1) is 0 Å². The minimum atomic E-state index is 0.814. The van der Waals surface area contributed by atoms with Crippen molar-refractivity contribution in [2.24, 2.45) is 17.8 Å². The van der Waals surface area contributed by atoms with Crippen LogP contribution in [-0.4, -0.2) is 25.0 Å². The third-order valence-electron chi connectivity index (χ3n) is 2.82. The van der Waals surface area contributed by atoms with Crippen molar-refractivity contribution in [2.75, 3.05) is 20.1 Å². The van der Waals surface area contributed by atoms with Crippen LogP contribution >= 0.6 is 0 Å². The molecule has 1 aliphatic carbocycles. The first-order valence-electron chi connectivity index (χ1n) is 5.32. The molecule has 0 spiro atoms. The third kappa shape index (κ3) is 3.14. The van der Waals surface area contributed by atoms with Crippen molar-refractivity contribution in [1.29, 1.82) is 0 Å². The summed E-state index contributed by atoms with van der Waals surface area (Å²) < 4.78 is 0. The first kappa shape index (κ1) is 10.0. The fraction of sp³-hybridized carbons (Fsp3) is 1.00. The third-order valence-corrected chi connectivity index (χ3v) is 2.82. The van der Waals surface area contributed by atoms with E-state index in [1.165, 1.54) is 25.9 Å². The molecule has 0 aromatic rings. The van der Waals surface area contributed by atoms with E-state index in [1.807, 2.05) is 0 Å². The lowest BCUT2D eigenvalue weighted by Crippen LogP contribution is -2.25. The second-order valence-electron chi connectivity index (χ2n) is 4.78. The number of nitrogens with zero attached hydrogens (tertiary/aromatic N) is 1. The standard InChI is InChI=1S/C11H23N/c1-5-10-6-11(10)8-12(4)7-9(2)3/h9-11H,5-8H2,1-4H3/t10-,11-/m1/s1. The molecule has 0 heterocycles. The Labute approximate surface area is 77.1 Å². The summed E-state index contributed by atoms with van der Waals surface area (Å²) in [5.41, 5.74) is 0. The molecule has 0 saturated heterocycles. The molecule has 0 aromatic carbocycles. The Morgan fingerprint density at radius 1 is 1.33 bits per heavy atom. The zero-order valence-electron chi connectivity index (χ0n) is 9.01. The van der Waals surface area contributed by atoms with Crippen LogP contribution in [0.3, 0.4) is 0 Å². The van der Waals surface area contributed by atoms with Crippen LogP contribution in [0, 0.1) is 17.8 Å². The number of hydrogen-bond donors (Lipinski definition) is 0. The summed E-state index contributed by atoms with van der Waals surface area (Å²) in [5, 5.41) is 0. The molecule has 0 unspecified atom stereocenters. The van der Waals surface area contributed by atoms with E-state index in [2.05, 4.69) is 32.7 Å². The molecule has 0 bridgehead atoms.